The van der Waals surface area contributed by atoms with E-state index in [1.807, 2.05) is 46.2 Å². The lowest BCUT2D eigenvalue weighted by Gasteiger charge is -2.33. The normalized spacial score (nSPS) is 14.8. The SMILES string of the molecule is CCCCCC(=O)N1CC[NH+](CCN(C/C=C/c2ccccc2OC)C(C)=O)CC1. The van der Waals surface area contributed by atoms with Crippen molar-refractivity contribution < 1.29 is 19.2 Å². The molecule has 2 rings (SSSR count). The number of para-hydroxylation sites is 1. The third-order valence-corrected chi connectivity index (χ3v) is 5.76. The number of carbonyl (C=O) groups excluding carboxylic acids is 2. The van der Waals surface area contributed by atoms with Crippen molar-refractivity contribution in [3.05, 3.63) is 35.9 Å². The molecule has 1 aromatic rings. The first-order valence-electron chi connectivity index (χ1n) is 11.2. The Kier molecular flexibility index (Phi) is 10.4. The van der Waals surface area contributed by atoms with E-state index in [0.717, 1.165) is 69.8 Å². The van der Waals surface area contributed by atoms with E-state index in [0.29, 0.717) is 18.9 Å². The van der Waals surface area contributed by atoms with Gasteiger partial charge in [-0.3, -0.25) is 9.59 Å². The molecule has 0 aromatic heterocycles. The molecule has 0 atom stereocenters. The van der Waals surface area contributed by atoms with Gasteiger partial charge < -0.3 is 19.4 Å². The second-order valence-corrected chi connectivity index (χ2v) is 7.95. The Morgan fingerprint density at radius 2 is 1.93 bits per heavy atom. The Bertz CT molecular complexity index is 697. The average molecular weight is 417 g/mol. The van der Waals surface area contributed by atoms with Crippen LogP contribution in [0.2, 0.25) is 0 Å². The number of carbonyl (C=O) groups is 2. The van der Waals surface area contributed by atoms with E-state index < -0.39 is 0 Å². The molecule has 1 saturated heterocycles. The van der Waals surface area contributed by atoms with Crippen molar-refractivity contribution >= 4 is 17.9 Å². The van der Waals surface area contributed by atoms with E-state index in [1.165, 1.54) is 4.90 Å². The molecular formula is C24H38N3O3+. The molecule has 0 unspecified atom stereocenters. The van der Waals surface area contributed by atoms with E-state index >= 15 is 0 Å². The first-order chi connectivity index (χ1) is 14.5. The molecule has 1 aliphatic heterocycles. The largest absolute Gasteiger partial charge is 0.496 e. The van der Waals surface area contributed by atoms with Crippen molar-refractivity contribution in [2.45, 2.75) is 39.5 Å². The molecule has 2 amide bonds. The van der Waals surface area contributed by atoms with Gasteiger partial charge in [0.2, 0.25) is 11.8 Å². The van der Waals surface area contributed by atoms with Crippen LogP contribution in [0.4, 0.5) is 0 Å². The van der Waals surface area contributed by atoms with Gasteiger partial charge in [-0.1, -0.05) is 50.1 Å². The number of quaternary nitrogens is 1. The summed E-state index contributed by atoms with van der Waals surface area (Å²) in [6, 6.07) is 7.85. The summed E-state index contributed by atoms with van der Waals surface area (Å²) in [6.45, 7) is 9.59. The van der Waals surface area contributed by atoms with Gasteiger partial charge in [0, 0.05) is 25.5 Å². The molecule has 0 bridgehead atoms. The predicted octanol–water partition coefficient (Wildman–Crippen LogP) is 1.86. The van der Waals surface area contributed by atoms with Gasteiger partial charge in [0.25, 0.3) is 0 Å². The van der Waals surface area contributed by atoms with Crippen molar-refractivity contribution in [1.82, 2.24) is 9.80 Å². The summed E-state index contributed by atoms with van der Waals surface area (Å²) in [6.07, 6.45) is 7.97. The monoisotopic (exact) mass is 416 g/mol. The Hall–Kier alpha value is -2.34. The zero-order chi connectivity index (χ0) is 21.8. The van der Waals surface area contributed by atoms with E-state index in [2.05, 4.69) is 6.92 Å². The van der Waals surface area contributed by atoms with Crippen molar-refractivity contribution in [2.24, 2.45) is 0 Å². The van der Waals surface area contributed by atoms with Gasteiger partial charge in [-0.15, -0.1) is 0 Å². The fourth-order valence-corrected chi connectivity index (χ4v) is 3.79. The maximum Gasteiger partial charge on any atom is 0.222 e. The highest BCUT2D eigenvalue weighted by Gasteiger charge is 2.23. The van der Waals surface area contributed by atoms with E-state index in [-0.39, 0.29) is 5.91 Å². The minimum Gasteiger partial charge on any atom is -0.496 e. The number of methoxy groups -OCH3 is 1. The van der Waals surface area contributed by atoms with E-state index in [4.69, 9.17) is 4.74 Å². The van der Waals surface area contributed by atoms with Gasteiger partial charge in [0.15, 0.2) is 0 Å². The third kappa shape index (κ3) is 7.82. The Morgan fingerprint density at radius 1 is 1.20 bits per heavy atom. The zero-order valence-corrected chi connectivity index (χ0v) is 18.9. The van der Waals surface area contributed by atoms with Gasteiger partial charge in [-0.2, -0.15) is 0 Å². The first-order valence-corrected chi connectivity index (χ1v) is 11.2. The minimum atomic E-state index is 0.0869. The van der Waals surface area contributed by atoms with Gasteiger partial charge in [-0.05, 0) is 12.5 Å². The van der Waals surface area contributed by atoms with Crippen LogP contribution in [0.3, 0.4) is 0 Å². The highest BCUT2D eigenvalue weighted by Crippen LogP contribution is 2.18. The number of piperazine rings is 1. The molecule has 6 nitrogen and oxygen atoms in total. The third-order valence-electron chi connectivity index (χ3n) is 5.76. The summed E-state index contributed by atoms with van der Waals surface area (Å²) in [5.41, 5.74) is 1.01. The summed E-state index contributed by atoms with van der Waals surface area (Å²) in [5.74, 6) is 1.22. The summed E-state index contributed by atoms with van der Waals surface area (Å²) in [4.78, 5) is 29.7. The number of unbranched alkanes of at least 4 members (excludes halogenated alkanes) is 2. The quantitative estimate of drug-likeness (QED) is 0.561. The molecule has 0 aliphatic carbocycles. The molecule has 1 aromatic carbocycles. The Labute approximate surface area is 181 Å². The fraction of sp³-hybridized carbons (Fsp3) is 0.583. The zero-order valence-electron chi connectivity index (χ0n) is 18.9. The molecule has 1 fully saturated rings. The maximum absolute atomic E-state index is 12.3. The van der Waals surface area contributed by atoms with Crippen LogP contribution < -0.4 is 9.64 Å². The van der Waals surface area contributed by atoms with Crippen LogP contribution in [-0.2, 0) is 9.59 Å². The van der Waals surface area contributed by atoms with Crippen molar-refractivity contribution in [1.29, 1.82) is 0 Å². The molecule has 1 heterocycles. The smallest absolute Gasteiger partial charge is 0.222 e. The molecule has 30 heavy (non-hydrogen) atoms. The summed E-state index contributed by atoms with van der Waals surface area (Å²) in [7, 11) is 1.66. The van der Waals surface area contributed by atoms with E-state index in [9.17, 15) is 9.59 Å². The lowest BCUT2D eigenvalue weighted by atomic mass is 10.2. The number of benzene rings is 1. The van der Waals surface area contributed by atoms with Gasteiger partial charge in [0.1, 0.15) is 5.75 Å². The molecule has 0 saturated carbocycles. The number of hydrogen-bond acceptors (Lipinski definition) is 3. The Balaban J connectivity index is 1.75. The number of nitrogens with zero attached hydrogens (tertiary/aromatic N) is 2. The highest BCUT2D eigenvalue weighted by molar-refractivity contribution is 5.76. The summed E-state index contributed by atoms with van der Waals surface area (Å²) in [5, 5.41) is 0. The van der Waals surface area contributed by atoms with Crippen LogP contribution in [0.15, 0.2) is 30.3 Å². The number of ether oxygens (including phenoxy) is 1. The van der Waals surface area contributed by atoms with E-state index in [1.54, 1.807) is 14.0 Å². The average Bonchev–Trinajstić information content (AvgIpc) is 2.76. The number of amides is 2. The Morgan fingerprint density at radius 3 is 2.60 bits per heavy atom. The summed E-state index contributed by atoms with van der Waals surface area (Å²) < 4.78 is 5.37. The van der Waals surface area contributed by atoms with Gasteiger partial charge in [0.05, 0.1) is 46.4 Å². The van der Waals surface area contributed by atoms with Crippen molar-refractivity contribution in [3.8, 4) is 5.75 Å². The topological polar surface area (TPSA) is 54.3 Å². The first kappa shape index (κ1) is 23.9. The molecule has 166 valence electrons. The number of hydrogen-bond donors (Lipinski definition) is 1. The summed E-state index contributed by atoms with van der Waals surface area (Å²) >= 11 is 0. The van der Waals surface area contributed by atoms with Crippen LogP contribution in [-0.4, -0.2) is 74.5 Å². The van der Waals surface area contributed by atoms with Crippen molar-refractivity contribution in [3.63, 3.8) is 0 Å². The van der Waals surface area contributed by atoms with Crippen LogP contribution in [0.1, 0.15) is 45.1 Å². The van der Waals surface area contributed by atoms with Gasteiger partial charge >= 0.3 is 0 Å². The standard InChI is InChI=1S/C24H37N3O3/c1-4-5-6-13-24(29)27-19-16-25(17-20-27)15-18-26(21(2)28)14-9-11-22-10-7-8-12-23(22)30-3/h7-12H,4-6,13-20H2,1-3H3/p+1/b11-9+. The highest BCUT2D eigenvalue weighted by atomic mass is 16.5. The van der Waals surface area contributed by atoms with Gasteiger partial charge in [-0.25, -0.2) is 0 Å². The minimum absolute atomic E-state index is 0.0869. The second-order valence-electron chi connectivity index (χ2n) is 7.95. The number of rotatable bonds is 11. The lowest BCUT2D eigenvalue weighted by Crippen LogP contribution is -3.15. The predicted molar refractivity (Wildman–Crippen MR) is 121 cm³/mol. The van der Waals surface area contributed by atoms with Crippen LogP contribution in [0, 0.1) is 0 Å². The molecule has 1 N–H and O–H groups in total. The lowest BCUT2D eigenvalue weighted by molar-refractivity contribution is -0.903. The molecular weight excluding hydrogens is 378 g/mol. The molecule has 1 aliphatic rings. The maximum atomic E-state index is 12.3. The molecule has 6 heteroatoms. The van der Waals surface area contributed by atoms with Crippen LogP contribution in [0.5, 0.6) is 5.75 Å². The molecule has 0 spiro atoms. The van der Waals surface area contributed by atoms with Crippen LogP contribution >= 0.6 is 0 Å². The molecule has 0 radical (unpaired) electrons. The van der Waals surface area contributed by atoms with Crippen molar-refractivity contribution in [2.75, 3.05) is 52.9 Å². The van der Waals surface area contributed by atoms with Crippen LogP contribution in [0.25, 0.3) is 6.08 Å². The fourth-order valence-electron chi connectivity index (χ4n) is 3.79. The number of nitrogens with one attached hydrogen (secondary N) is 1. The second kappa shape index (κ2) is 13.1.